The zero-order valence-corrected chi connectivity index (χ0v) is 12.9. The molecule has 0 aliphatic carbocycles. The molecular weight excluding hydrogens is 298 g/mol. The molecular formula is C13H12ClN3S2. The molecule has 3 nitrogen and oxygen atoms in total. The average molecular weight is 310 g/mol. The molecule has 0 spiro atoms. The molecule has 0 saturated heterocycles. The maximum Gasteiger partial charge on any atom is 0.184 e. The van der Waals surface area contributed by atoms with E-state index in [1.807, 2.05) is 29.8 Å². The van der Waals surface area contributed by atoms with Crippen molar-refractivity contribution in [3.63, 3.8) is 0 Å². The summed E-state index contributed by atoms with van der Waals surface area (Å²) in [5, 5.41) is 8.07. The molecule has 0 aliphatic heterocycles. The Balaban J connectivity index is 1.93. The van der Waals surface area contributed by atoms with Crippen LogP contribution in [0, 0.1) is 0 Å². The minimum Gasteiger partial charge on any atom is -0.350 e. The Kier molecular flexibility index (Phi) is 3.20. The molecule has 3 rings (SSSR count). The summed E-state index contributed by atoms with van der Waals surface area (Å²) in [6, 6.07) is 5.77. The van der Waals surface area contributed by atoms with Crippen LogP contribution in [0.3, 0.4) is 0 Å². The number of nitrogens with zero attached hydrogens (tertiary/aromatic N) is 2. The van der Waals surface area contributed by atoms with Gasteiger partial charge in [-0.15, -0.1) is 11.3 Å². The van der Waals surface area contributed by atoms with E-state index in [4.69, 9.17) is 11.6 Å². The summed E-state index contributed by atoms with van der Waals surface area (Å²) in [5.41, 5.74) is 0.696. The molecule has 19 heavy (non-hydrogen) atoms. The number of rotatable bonds is 3. The molecule has 6 heteroatoms. The van der Waals surface area contributed by atoms with Crippen molar-refractivity contribution in [2.75, 3.05) is 5.32 Å². The van der Waals surface area contributed by atoms with Crippen molar-refractivity contribution in [3.8, 4) is 0 Å². The zero-order chi connectivity index (χ0) is 13.5. The highest BCUT2D eigenvalue weighted by atomic mass is 35.5. The monoisotopic (exact) mass is 309 g/mol. The fraction of sp³-hybridized carbons (Fsp3) is 0.231. The van der Waals surface area contributed by atoms with Gasteiger partial charge in [0.05, 0.1) is 15.8 Å². The second-order valence-corrected chi connectivity index (χ2v) is 7.08. The molecule has 1 aromatic carbocycles. The molecule has 0 aliphatic rings. The molecule has 2 heterocycles. The van der Waals surface area contributed by atoms with E-state index in [0.717, 1.165) is 20.4 Å². The maximum absolute atomic E-state index is 5.98. The molecule has 0 radical (unpaired) electrons. The van der Waals surface area contributed by atoms with Crippen LogP contribution in [0.15, 0.2) is 29.8 Å². The Bertz CT molecular complexity index is 704. The summed E-state index contributed by atoms with van der Waals surface area (Å²) in [7, 11) is 0. The van der Waals surface area contributed by atoms with Gasteiger partial charge in [-0.05, 0) is 32.0 Å². The van der Waals surface area contributed by atoms with E-state index in [0.29, 0.717) is 5.02 Å². The number of aromatic nitrogens is 2. The lowest BCUT2D eigenvalue weighted by Crippen LogP contribution is -2.27. The Morgan fingerprint density at radius 1 is 1.32 bits per heavy atom. The van der Waals surface area contributed by atoms with Gasteiger partial charge >= 0.3 is 0 Å². The number of nitrogens with one attached hydrogen (secondary N) is 1. The first-order valence-electron chi connectivity index (χ1n) is 5.79. The normalized spacial score (nSPS) is 11.9. The van der Waals surface area contributed by atoms with Crippen molar-refractivity contribution in [3.05, 3.63) is 39.8 Å². The van der Waals surface area contributed by atoms with Crippen LogP contribution >= 0.6 is 34.3 Å². The minimum atomic E-state index is -0.230. The fourth-order valence-corrected chi connectivity index (χ4v) is 3.70. The van der Waals surface area contributed by atoms with Crippen LogP contribution in [0.2, 0.25) is 5.02 Å². The lowest BCUT2D eigenvalue weighted by molar-refractivity contribution is 0.604. The summed E-state index contributed by atoms with van der Waals surface area (Å²) in [6.45, 7) is 4.20. The molecule has 0 unspecified atom stereocenters. The minimum absolute atomic E-state index is 0.230. The van der Waals surface area contributed by atoms with E-state index >= 15 is 0 Å². The van der Waals surface area contributed by atoms with Gasteiger partial charge in [0.1, 0.15) is 5.01 Å². The number of hydrogen-bond donors (Lipinski definition) is 1. The number of halogens is 1. The van der Waals surface area contributed by atoms with Crippen molar-refractivity contribution in [2.24, 2.45) is 0 Å². The Morgan fingerprint density at radius 2 is 2.16 bits per heavy atom. The van der Waals surface area contributed by atoms with E-state index in [-0.39, 0.29) is 5.54 Å². The lowest BCUT2D eigenvalue weighted by atomic mass is 10.1. The van der Waals surface area contributed by atoms with E-state index in [1.54, 1.807) is 22.7 Å². The van der Waals surface area contributed by atoms with Gasteiger partial charge in [0.15, 0.2) is 5.13 Å². The molecule has 98 valence electrons. The molecule has 2 aromatic heterocycles. The summed E-state index contributed by atoms with van der Waals surface area (Å²) >= 11 is 9.24. The van der Waals surface area contributed by atoms with Gasteiger partial charge in [-0.1, -0.05) is 22.9 Å². The van der Waals surface area contributed by atoms with Crippen LogP contribution < -0.4 is 5.32 Å². The van der Waals surface area contributed by atoms with Gasteiger partial charge < -0.3 is 5.32 Å². The number of hydrogen-bond acceptors (Lipinski definition) is 5. The van der Waals surface area contributed by atoms with Gasteiger partial charge in [-0.25, -0.2) is 9.97 Å². The van der Waals surface area contributed by atoms with Gasteiger partial charge in [-0.2, -0.15) is 0 Å². The second kappa shape index (κ2) is 4.74. The SMILES string of the molecule is CC(C)(Nc1nc2cc(Cl)ccc2s1)c1nccs1. The van der Waals surface area contributed by atoms with Crippen molar-refractivity contribution in [1.29, 1.82) is 0 Å². The predicted molar refractivity (Wildman–Crippen MR) is 83.4 cm³/mol. The summed E-state index contributed by atoms with van der Waals surface area (Å²) in [4.78, 5) is 8.93. The summed E-state index contributed by atoms with van der Waals surface area (Å²) < 4.78 is 1.13. The van der Waals surface area contributed by atoms with E-state index < -0.39 is 0 Å². The first kappa shape index (κ1) is 12.8. The number of benzene rings is 1. The van der Waals surface area contributed by atoms with Crippen molar-refractivity contribution >= 4 is 49.6 Å². The third-order valence-corrected chi connectivity index (χ3v) is 5.02. The third kappa shape index (κ3) is 2.59. The Morgan fingerprint density at radius 3 is 2.89 bits per heavy atom. The Labute approximate surface area is 124 Å². The zero-order valence-electron chi connectivity index (χ0n) is 10.5. The summed E-state index contributed by atoms with van der Waals surface area (Å²) in [6.07, 6.45) is 1.82. The molecule has 3 aromatic rings. The largest absolute Gasteiger partial charge is 0.350 e. The van der Waals surface area contributed by atoms with Crippen molar-refractivity contribution in [2.45, 2.75) is 19.4 Å². The average Bonchev–Trinajstić information content (AvgIpc) is 2.95. The highest BCUT2D eigenvalue weighted by molar-refractivity contribution is 7.22. The standard InChI is InChI=1S/C13H12ClN3S2/c1-13(2,11-15-5-6-18-11)17-12-16-9-7-8(14)3-4-10(9)19-12/h3-7H,1-2H3,(H,16,17). The number of anilines is 1. The lowest BCUT2D eigenvalue weighted by Gasteiger charge is -2.23. The molecule has 0 fully saturated rings. The van der Waals surface area contributed by atoms with Crippen LogP contribution in [0.1, 0.15) is 18.9 Å². The van der Waals surface area contributed by atoms with Crippen molar-refractivity contribution in [1.82, 2.24) is 9.97 Å². The van der Waals surface area contributed by atoms with E-state index in [1.165, 1.54) is 0 Å². The van der Waals surface area contributed by atoms with E-state index in [2.05, 4.69) is 29.1 Å². The fourth-order valence-electron chi connectivity index (χ4n) is 1.81. The van der Waals surface area contributed by atoms with Crippen LogP contribution in [0.4, 0.5) is 5.13 Å². The van der Waals surface area contributed by atoms with Crippen molar-refractivity contribution < 1.29 is 0 Å². The van der Waals surface area contributed by atoms with Gasteiger partial charge in [0, 0.05) is 16.6 Å². The smallest absolute Gasteiger partial charge is 0.184 e. The number of thiazole rings is 2. The summed E-state index contributed by atoms with van der Waals surface area (Å²) in [5.74, 6) is 0. The van der Waals surface area contributed by atoms with Crippen LogP contribution in [0.5, 0.6) is 0 Å². The maximum atomic E-state index is 5.98. The molecule has 1 N–H and O–H groups in total. The Hall–Kier alpha value is -1.17. The first-order valence-corrected chi connectivity index (χ1v) is 7.86. The van der Waals surface area contributed by atoms with Crippen LogP contribution in [-0.2, 0) is 5.54 Å². The quantitative estimate of drug-likeness (QED) is 0.758. The molecule has 0 amide bonds. The molecule has 0 saturated carbocycles. The number of fused-ring (bicyclic) bond motifs is 1. The highest BCUT2D eigenvalue weighted by Gasteiger charge is 2.24. The highest BCUT2D eigenvalue weighted by Crippen LogP contribution is 2.33. The first-order chi connectivity index (χ1) is 9.04. The van der Waals surface area contributed by atoms with Crippen LogP contribution in [0.25, 0.3) is 10.2 Å². The van der Waals surface area contributed by atoms with Gasteiger partial charge in [-0.3, -0.25) is 0 Å². The van der Waals surface area contributed by atoms with Gasteiger partial charge in [0.25, 0.3) is 0 Å². The predicted octanol–water partition coefficient (Wildman–Crippen LogP) is 4.75. The molecule has 0 bridgehead atoms. The molecule has 0 atom stereocenters. The third-order valence-electron chi connectivity index (χ3n) is 2.74. The van der Waals surface area contributed by atoms with Gasteiger partial charge in [0.2, 0.25) is 0 Å². The second-order valence-electron chi connectivity index (χ2n) is 4.72. The van der Waals surface area contributed by atoms with E-state index in [9.17, 15) is 0 Å². The van der Waals surface area contributed by atoms with Crippen LogP contribution in [-0.4, -0.2) is 9.97 Å². The topological polar surface area (TPSA) is 37.8 Å².